The van der Waals surface area contributed by atoms with Crippen molar-refractivity contribution >= 4 is 0 Å². The number of piperidine rings is 1. The van der Waals surface area contributed by atoms with Crippen LogP contribution in [0.15, 0.2) is 0 Å². The topological polar surface area (TPSA) is 29.3 Å². The Balaban J connectivity index is 2.06. The number of rotatable bonds is 3. The van der Waals surface area contributed by atoms with Crippen LogP contribution in [0.1, 0.15) is 66.2 Å². The number of hydrogen-bond donors (Lipinski definition) is 1. The molecule has 2 rings (SSSR count). The Morgan fingerprint density at radius 1 is 1.11 bits per heavy atom. The lowest BCUT2D eigenvalue weighted by atomic mass is 9.72. The summed E-state index contributed by atoms with van der Waals surface area (Å²) in [5.41, 5.74) is 6.75. The minimum Gasteiger partial charge on any atom is -0.326 e. The Kier molecular flexibility index (Phi) is 4.94. The van der Waals surface area contributed by atoms with Gasteiger partial charge in [0.1, 0.15) is 0 Å². The van der Waals surface area contributed by atoms with Gasteiger partial charge in [0, 0.05) is 18.6 Å². The van der Waals surface area contributed by atoms with Crippen molar-refractivity contribution in [2.75, 3.05) is 13.1 Å². The fourth-order valence-corrected chi connectivity index (χ4v) is 4.57. The molecule has 0 aromatic heterocycles. The predicted octanol–water partition coefficient (Wildman–Crippen LogP) is 3.65. The first kappa shape index (κ1) is 15.3. The average Bonchev–Trinajstić information content (AvgIpc) is 2.37. The summed E-state index contributed by atoms with van der Waals surface area (Å²) in [6.07, 6.45) is 8.37. The van der Waals surface area contributed by atoms with E-state index in [1.165, 1.54) is 45.2 Å². The lowest BCUT2D eigenvalue weighted by Gasteiger charge is -2.49. The first-order valence-electron chi connectivity index (χ1n) is 8.43. The van der Waals surface area contributed by atoms with Crippen molar-refractivity contribution < 1.29 is 0 Å². The van der Waals surface area contributed by atoms with Crippen LogP contribution < -0.4 is 5.73 Å². The minimum atomic E-state index is 0.289. The number of likely N-dealkylation sites (tertiary alicyclic amines) is 1. The third kappa shape index (κ3) is 3.52. The summed E-state index contributed by atoms with van der Waals surface area (Å²) in [6.45, 7) is 11.9. The fourth-order valence-electron chi connectivity index (χ4n) is 4.57. The van der Waals surface area contributed by atoms with E-state index in [0.29, 0.717) is 12.1 Å². The van der Waals surface area contributed by atoms with Crippen molar-refractivity contribution in [3.8, 4) is 0 Å². The molecule has 0 bridgehead atoms. The predicted molar refractivity (Wildman–Crippen MR) is 83.1 cm³/mol. The van der Waals surface area contributed by atoms with Crippen molar-refractivity contribution in [3.05, 3.63) is 0 Å². The average molecular weight is 266 g/mol. The molecule has 0 amide bonds. The van der Waals surface area contributed by atoms with Gasteiger partial charge in [-0.2, -0.15) is 0 Å². The molecule has 1 saturated heterocycles. The molecule has 2 fully saturated rings. The van der Waals surface area contributed by atoms with Crippen LogP contribution in [-0.2, 0) is 0 Å². The van der Waals surface area contributed by atoms with Gasteiger partial charge in [0.25, 0.3) is 0 Å². The van der Waals surface area contributed by atoms with Gasteiger partial charge in [-0.25, -0.2) is 0 Å². The zero-order valence-corrected chi connectivity index (χ0v) is 13.5. The smallest absolute Gasteiger partial charge is 0.0295 e. The maximum absolute atomic E-state index is 6.46. The highest BCUT2D eigenvalue weighted by atomic mass is 15.2. The van der Waals surface area contributed by atoms with Crippen LogP contribution in [0.4, 0.5) is 0 Å². The van der Waals surface area contributed by atoms with E-state index in [-0.39, 0.29) is 5.41 Å². The standard InChI is InChI=1S/C17H34N2/c1-5-15(18)16(17(2,3)4)19-11-10-13-8-6-7-9-14(13)12-19/h13-16H,5-12,18H2,1-4H3. The molecule has 2 N–H and O–H groups in total. The molecule has 1 saturated carbocycles. The largest absolute Gasteiger partial charge is 0.326 e. The maximum Gasteiger partial charge on any atom is 0.0295 e. The molecule has 2 aliphatic rings. The van der Waals surface area contributed by atoms with Crippen molar-refractivity contribution in [2.45, 2.75) is 78.3 Å². The number of fused-ring (bicyclic) bond motifs is 1. The van der Waals surface area contributed by atoms with E-state index < -0.39 is 0 Å². The highest BCUT2D eigenvalue weighted by Crippen LogP contribution is 2.39. The Labute approximate surface area is 120 Å². The van der Waals surface area contributed by atoms with Crippen LogP contribution in [0.25, 0.3) is 0 Å². The Bertz CT molecular complexity index is 281. The number of hydrogen-bond acceptors (Lipinski definition) is 2. The molecular weight excluding hydrogens is 232 g/mol. The highest BCUT2D eigenvalue weighted by Gasteiger charge is 2.39. The molecular formula is C17H34N2. The second kappa shape index (κ2) is 6.13. The van der Waals surface area contributed by atoms with Gasteiger partial charge >= 0.3 is 0 Å². The second-order valence-corrected chi connectivity index (χ2v) is 7.97. The molecule has 1 heterocycles. The molecule has 0 aromatic rings. The molecule has 1 aliphatic carbocycles. The molecule has 19 heavy (non-hydrogen) atoms. The summed E-state index contributed by atoms with van der Waals surface area (Å²) >= 11 is 0. The van der Waals surface area contributed by atoms with Crippen LogP contribution in [0.5, 0.6) is 0 Å². The molecule has 0 spiro atoms. The highest BCUT2D eigenvalue weighted by molar-refractivity contribution is 4.94. The minimum absolute atomic E-state index is 0.289. The van der Waals surface area contributed by atoms with E-state index in [0.717, 1.165) is 18.3 Å². The van der Waals surface area contributed by atoms with Gasteiger partial charge in [0.05, 0.1) is 0 Å². The van der Waals surface area contributed by atoms with Gasteiger partial charge in [-0.3, -0.25) is 4.90 Å². The summed E-state index contributed by atoms with van der Waals surface area (Å²) in [4.78, 5) is 2.74. The molecule has 1 aliphatic heterocycles. The molecule has 2 heteroatoms. The zero-order chi connectivity index (χ0) is 14.0. The van der Waals surface area contributed by atoms with Crippen LogP contribution in [-0.4, -0.2) is 30.1 Å². The summed E-state index contributed by atoms with van der Waals surface area (Å²) in [6, 6.07) is 0.862. The van der Waals surface area contributed by atoms with Crippen molar-refractivity contribution in [2.24, 2.45) is 23.0 Å². The summed E-state index contributed by atoms with van der Waals surface area (Å²) < 4.78 is 0. The van der Waals surface area contributed by atoms with Gasteiger partial charge in [-0.15, -0.1) is 0 Å². The number of nitrogens with two attached hydrogens (primary N) is 1. The molecule has 4 unspecified atom stereocenters. The summed E-state index contributed by atoms with van der Waals surface area (Å²) in [5.74, 6) is 1.97. The van der Waals surface area contributed by atoms with Gasteiger partial charge in [-0.1, -0.05) is 47.0 Å². The monoisotopic (exact) mass is 266 g/mol. The Morgan fingerprint density at radius 2 is 1.74 bits per heavy atom. The van der Waals surface area contributed by atoms with Crippen LogP contribution >= 0.6 is 0 Å². The van der Waals surface area contributed by atoms with Crippen LogP contribution in [0, 0.1) is 17.3 Å². The molecule has 0 aromatic carbocycles. The van der Waals surface area contributed by atoms with Gasteiger partial charge < -0.3 is 5.73 Å². The first-order valence-corrected chi connectivity index (χ1v) is 8.43. The second-order valence-electron chi connectivity index (χ2n) is 7.97. The summed E-state index contributed by atoms with van der Waals surface area (Å²) in [7, 11) is 0. The van der Waals surface area contributed by atoms with Gasteiger partial charge in [0.2, 0.25) is 0 Å². The van der Waals surface area contributed by atoms with E-state index >= 15 is 0 Å². The molecule has 4 atom stereocenters. The third-order valence-electron chi connectivity index (χ3n) is 5.48. The van der Waals surface area contributed by atoms with E-state index in [2.05, 4.69) is 32.6 Å². The van der Waals surface area contributed by atoms with E-state index in [9.17, 15) is 0 Å². The van der Waals surface area contributed by atoms with E-state index in [1.54, 1.807) is 0 Å². The fraction of sp³-hybridized carbons (Fsp3) is 1.00. The zero-order valence-electron chi connectivity index (χ0n) is 13.5. The lowest BCUT2D eigenvalue weighted by molar-refractivity contribution is 0.00572. The maximum atomic E-state index is 6.46. The van der Waals surface area contributed by atoms with Gasteiger partial charge in [-0.05, 0) is 43.1 Å². The molecule has 2 nitrogen and oxygen atoms in total. The SMILES string of the molecule is CCC(N)C(N1CCC2CCCCC2C1)C(C)(C)C. The lowest BCUT2D eigenvalue weighted by Crippen LogP contribution is -2.58. The first-order chi connectivity index (χ1) is 8.93. The van der Waals surface area contributed by atoms with Gasteiger partial charge in [0.15, 0.2) is 0 Å². The van der Waals surface area contributed by atoms with Crippen LogP contribution in [0.2, 0.25) is 0 Å². The third-order valence-corrected chi connectivity index (χ3v) is 5.48. The Morgan fingerprint density at radius 3 is 2.32 bits per heavy atom. The van der Waals surface area contributed by atoms with Crippen LogP contribution in [0.3, 0.4) is 0 Å². The Hall–Kier alpha value is -0.0800. The summed E-state index contributed by atoms with van der Waals surface area (Å²) in [5, 5.41) is 0. The van der Waals surface area contributed by atoms with Crippen molar-refractivity contribution in [1.82, 2.24) is 4.90 Å². The number of nitrogens with zero attached hydrogens (tertiary/aromatic N) is 1. The normalized spacial score (nSPS) is 32.7. The van der Waals surface area contributed by atoms with E-state index in [1.807, 2.05) is 0 Å². The quantitative estimate of drug-likeness (QED) is 0.845. The van der Waals surface area contributed by atoms with Crippen molar-refractivity contribution in [1.29, 1.82) is 0 Å². The molecule has 0 radical (unpaired) electrons. The molecule has 112 valence electrons. The van der Waals surface area contributed by atoms with Crippen molar-refractivity contribution in [3.63, 3.8) is 0 Å². The van der Waals surface area contributed by atoms with E-state index in [4.69, 9.17) is 5.73 Å².